The summed E-state index contributed by atoms with van der Waals surface area (Å²) in [6.45, 7) is 6.03. The van der Waals surface area contributed by atoms with Crippen molar-refractivity contribution in [3.8, 4) is 0 Å². The lowest BCUT2D eigenvalue weighted by molar-refractivity contribution is -0.134. The monoisotopic (exact) mass is 431 g/mol. The van der Waals surface area contributed by atoms with Crippen molar-refractivity contribution in [2.24, 2.45) is 0 Å². The number of alkyl carbamates (subject to hydrolysis) is 1. The molecule has 0 saturated carbocycles. The fourth-order valence-electron chi connectivity index (χ4n) is 3.30. The van der Waals surface area contributed by atoms with E-state index in [1.165, 1.54) is 0 Å². The number of amides is 4. The van der Waals surface area contributed by atoms with Gasteiger partial charge in [0.25, 0.3) is 0 Å². The fraction of sp³-hybridized carbons (Fsp3) is 0.565. The molecule has 1 heterocycles. The Hall–Kier alpha value is -2.90. The predicted molar refractivity (Wildman–Crippen MR) is 118 cm³/mol. The molecule has 0 bridgehead atoms. The number of hydrogen-bond acceptors (Lipinski definition) is 5. The van der Waals surface area contributed by atoms with E-state index >= 15 is 0 Å². The fourth-order valence-corrected chi connectivity index (χ4v) is 3.30. The summed E-state index contributed by atoms with van der Waals surface area (Å²) in [6.07, 6.45) is 4.29. The normalized spacial score (nSPS) is 16.4. The molecule has 3 N–H and O–H groups in total. The maximum atomic E-state index is 12.1. The highest BCUT2D eigenvalue weighted by Crippen LogP contribution is 2.25. The van der Waals surface area contributed by atoms with Gasteiger partial charge in [-0.05, 0) is 57.7 Å². The maximum absolute atomic E-state index is 12.1. The number of hydrogen-bond donors (Lipinski definition) is 3. The Balaban J connectivity index is 1.60. The van der Waals surface area contributed by atoms with Crippen molar-refractivity contribution in [3.63, 3.8) is 0 Å². The lowest BCUT2D eigenvalue weighted by Gasteiger charge is -2.21. The topological polar surface area (TPSA) is 114 Å². The Morgan fingerprint density at radius 3 is 2.39 bits per heavy atom. The van der Waals surface area contributed by atoms with Crippen molar-refractivity contribution in [2.45, 2.75) is 77.2 Å². The summed E-state index contributed by atoms with van der Waals surface area (Å²) in [4.78, 5) is 46.8. The zero-order valence-corrected chi connectivity index (χ0v) is 18.6. The van der Waals surface area contributed by atoms with Crippen LogP contribution in [0.2, 0.25) is 0 Å². The van der Waals surface area contributed by atoms with Crippen LogP contribution in [0.5, 0.6) is 0 Å². The van der Waals surface area contributed by atoms with Crippen molar-refractivity contribution < 1.29 is 23.9 Å². The number of benzene rings is 1. The number of piperidine rings is 1. The minimum absolute atomic E-state index is 0.0550. The van der Waals surface area contributed by atoms with Gasteiger partial charge in [0.05, 0.1) is 5.92 Å². The third-order valence-electron chi connectivity index (χ3n) is 4.83. The van der Waals surface area contributed by atoms with Gasteiger partial charge in [0.2, 0.25) is 17.7 Å². The van der Waals surface area contributed by atoms with Gasteiger partial charge in [-0.1, -0.05) is 25.0 Å². The van der Waals surface area contributed by atoms with E-state index in [2.05, 4.69) is 16.0 Å². The number of rotatable bonds is 9. The molecule has 0 aliphatic carbocycles. The van der Waals surface area contributed by atoms with Crippen molar-refractivity contribution in [1.29, 1.82) is 0 Å². The molecule has 1 aliphatic heterocycles. The number of imide groups is 1. The number of anilines is 1. The molecule has 0 spiro atoms. The first kappa shape index (κ1) is 24.4. The highest BCUT2D eigenvalue weighted by atomic mass is 16.6. The van der Waals surface area contributed by atoms with Crippen LogP contribution in [0.1, 0.15) is 77.2 Å². The molecule has 1 fully saturated rings. The van der Waals surface area contributed by atoms with Crippen LogP contribution in [-0.2, 0) is 19.1 Å². The Morgan fingerprint density at radius 2 is 1.74 bits per heavy atom. The van der Waals surface area contributed by atoms with Crippen LogP contribution in [0.15, 0.2) is 24.3 Å². The first-order valence-corrected chi connectivity index (χ1v) is 10.8. The van der Waals surface area contributed by atoms with Gasteiger partial charge in [0.15, 0.2) is 0 Å². The van der Waals surface area contributed by atoms with E-state index in [1.807, 2.05) is 32.9 Å². The van der Waals surface area contributed by atoms with Crippen LogP contribution in [0, 0.1) is 0 Å². The van der Waals surface area contributed by atoms with Crippen molar-refractivity contribution in [3.05, 3.63) is 29.8 Å². The van der Waals surface area contributed by atoms with Gasteiger partial charge >= 0.3 is 6.09 Å². The third kappa shape index (κ3) is 9.19. The standard InChI is InChI=1S/C23H33N3O5/c1-23(2,3)31-22(30)24-15-7-5-4-6-8-19(27)25-17-11-9-16(10-12-17)18-13-14-20(28)26-21(18)29/h9-12,18H,4-8,13-15H2,1-3H3,(H,24,30)(H,25,27)(H,26,28,29). The summed E-state index contributed by atoms with van der Waals surface area (Å²) in [5, 5.41) is 7.94. The molecule has 2 rings (SSSR count). The van der Waals surface area contributed by atoms with Crippen LogP contribution in [-0.4, -0.2) is 36.0 Å². The second-order valence-electron chi connectivity index (χ2n) is 8.77. The van der Waals surface area contributed by atoms with Crippen molar-refractivity contribution >= 4 is 29.5 Å². The smallest absolute Gasteiger partial charge is 0.407 e. The molecule has 1 aliphatic rings. The molecule has 31 heavy (non-hydrogen) atoms. The third-order valence-corrected chi connectivity index (χ3v) is 4.83. The highest BCUT2D eigenvalue weighted by molar-refractivity contribution is 6.01. The van der Waals surface area contributed by atoms with E-state index in [9.17, 15) is 19.2 Å². The number of carbonyl (C=O) groups is 4. The molecule has 0 aromatic heterocycles. The summed E-state index contributed by atoms with van der Waals surface area (Å²) in [5.74, 6) is -0.883. The molecule has 1 aromatic rings. The number of unbranched alkanes of at least 4 members (excludes halogenated alkanes) is 3. The summed E-state index contributed by atoms with van der Waals surface area (Å²) in [5.41, 5.74) is 1.02. The number of carbonyl (C=O) groups excluding carboxylic acids is 4. The molecule has 4 amide bonds. The number of ether oxygens (including phenoxy) is 1. The molecule has 1 saturated heterocycles. The Labute approximate surface area is 183 Å². The summed E-state index contributed by atoms with van der Waals surface area (Å²) >= 11 is 0. The van der Waals surface area contributed by atoms with Crippen LogP contribution < -0.4 is 16.0 Å². The largest absolute Gasteiger partial charge is 0.444 e. The van der Waals surface area contributed by atoms with E-state index in [0.29, 0.717) is 31.5 Å². The molecule has 1 aromatic carbocycles. The highest BCUT2D eigenvalue weighted by Gasteiger charge is 2.27. The Morgan fingerprint density at radius 1 is 1.06 bits per heavy atom. The van der Waals surface area contributed by atoms with Crippen LogP contribution in [0.25, 0.3) is 0 Å². The zero-order chi connectivity index (χ0) is 22.9. The first-order chi connectivity index (χ1) is 14.6. The van der Waals surface area contributed by atoms with Gasteiger partial charge < -0.3 is 15.4 Å². The molecular weight excluding hydrogens is 398 g/mol. The minimum atomic E-state index is -0.497. The maximum Gasteiger partial charge on any atom is 0.407 e. The summed E-state index contributed by atoms with van der Waals surface area (Å²) in [6, 6.07) is 7.18. The van der Waals surface area contributed by atoms with Gasteiger partial charge in [-0.15, -0.1) is 0 Å². The first-order valence-electron chi connectivity index (χ1n) is 10.8. The van der Waals surface area contributed by atoms with Crippen LogP contribution in [0.4, 0.5) is 10.5 Å². The van der Waals surface area contributed by atoms with Gasteiger partial charge in [-0.2, -0.15) is 0 Å². The number of nitrogens with one attached hydrogen (secondary N) is 3. The minimum Gasteiger partial charge on any atom is -0.444 e. The van der Waals surface area contributed by atoms with E-state index in [-0.39, 0.29) is 23.6 Å². The molecule has 0 radical (unpaired) electrons. The second kappa shape index (κ2) is 11.5. The Kier molecular flexibility index (Phi) is 9.03. The lowest BCUT2D eigenvalue weighted by atomic mass is 9.90. The lowest BCUT2D eigenvalue weighted by Crippen LogP contribution is -2.39. The quantitative estimate of drug-likeness (QED) is 0.408. The van der Waals surface area contributed by atoms with Gasteiger partial charge in [-0.3, -0.25) is 19.7 Å². The molecule has 1 unspecified atom stereocenters. The second-order valence-corrected chi connectivity index (χ2v) is 8.77. The zero-order valence-electron chi connectivity index (χ0n) is 18.6. The van der Waals surface area contributed by atoms with Crippen molar-refractivity contribution in [1.82, 2.24) is 10.6 Å². The van der Waals surface area contributed by atoms with Crippen LogP contribution >= 0.6 is 0 Å². The predicted octanol–water partition coefficient (Wildman–Crippen LogP) is 3.62. The SMILES string of the molecule is CC(C)(C)OC(=O)NCCCCCCC(=O)Nc1ccc(C2CCC(=O)NC2=O)cc1. The van der Waals surface area contributed by atoms with E-state index in [0.717, 1.165) is 31.2 Å². The molecule has 8 heteroatoms. The van der Waals surface area contributed by atoms with E-state index < -0.39 is 11.7 Å². The van der Waals surface area contributed by atoms with Gasteiger partial charge in [0, 0.05) is 25.1 Å². The van der Waals surface area contributed by atoms with E-state index in [4.69, 9.17) is 4.74 Å². The summed E-state index contributed by atoms with van der Waals surface area (Å²) < 4.78 is 5.17. The van der Waals surface area contributed by atoms with E-state index in [1.54, 1.807) is 12.1 Å². The average Bonchev–Trinajstić information content (AvgIpc) is 2.67. The van der Waals surface area contributed by atoms with Crippen molar-refractivity contribution in [2.75, 3.05) is 11.9 Å². The average molecular weight is 432 g/mol. The Bertz CT molecular complexity index is 783. The molecule has 170 valence electrons. The summed E-state index contributed by atoms with van der Waals surface area (Å²) in [7, 11) is 0. The van der Waals surface area contributed by atoms with Gasteiger partial charge in [0.1, 0.15) is 5.60 Å². The molecule has 8 nitrogen and oxygen atoms in total. The van der Waals surface area contributed by atoms with Crippen LogP contribution in [0.3, 0.4) is 0 Å². The molecular formula is C23H33N3O5. The van der Waals surface area contributed by atoms with Gasteiger partial charge in [-0.25, -0.2) is 4.79 Å². The molecule has 1 atom stereocenters.